The average molecular weight is 561 g/mol. The highest BCUT2D eigenvalue weighted by molar-refractivity contribution is 5.71. The summed E-state index contributed by atoms with van der Waals surface area (Å²) in [5.41, 5.74) is -1.99. The van der Waals surface area contributed by atoms with E-state index in [4.69, 9.17) is 14.2 Å². The summed E-state index contributed by atoms with van der Waals surface area (Å²) in [6.07, 6.45) is -6.80. The van der Waals surface area contributed by atoms with Gasteiger partial charge in [0.15, 0.2) is 11.5 Å². The lowest BCUT2D eigenvalue weighted by atomic mass is 9.89. The van der Waals surface area contributed by atoms with Crippen LogP contribution < -0.4 is 14.4 Å². The van der Waals surface area contributed by atoms with E-state index in [1.165, 1.54) is 14.2 Å². The number of hydrogen-bond donors (Lipinski definition) is 0. The molecule has 0 saturated carbocycles. The van der Waals surface area contributed by atoms with Crippen LogP contribution in [0.2, 0.25) is 0 Å². The second kappa shape index (κ2) is 11.7. The number of ether oxygens (including phenoxy) is 3. The van der Waals surface area contributed by atoms with Crippen molar-refractivity contribution in [1.82, 2.24) is 4.90 Å². The van der Waals surface area contributed by atoms with Gasteiger partial charge in [-0.3, -0.25) is 4.90 Å². The molecular formula is C27H30F6N2O4. The summed E-state index contributed by atoms with van der Waals surface area (Å²) in [5, 5.41) is 0. The normalized spacial score (nSPS) is 17.7. The van der Waals surface area contributed by atoms with Crippen molar-refractivity contribution in [1.29, 1.82) is 0 Å². The lowest BCUT2D eigenvalue weighted by Gasteiger charge is -2.44. The van der Waals surface area contributed by atoms with Crippen molar-refractivity contribution in [2.24, 2.45) is 0 Å². The first-order valence-corrected chi connectivity index (χ1v) is 12.0. The van der Waals surface area contributed by atoms with Gasteiger partial charge in [-0.2, -0.15) is 26.3 Å². The minimum absolute atomic E-state index is 0.0558. The first-order chi connectivity index (χ1) is 18.2. The Bertz CT molecular complexity index is 1180. The van der Waals surface area contributed by atoms with E-state index < -0.39 is 42.2 Å². The van der Waals surface area contributed by atoms with E-state index in [1.807, 2.05) is 26.0 Å². The SMILES string of the molecule is CC=CCN1c2cc(OC)c(OC)cc2[C@@H](N(Cc2cc(C(F)(F)F)cc(C(F)(F)F)c2)C(=O)OC)C[C@H]1C. The number of hydrogen-bond acceptors (Lipinski definition) is 5. The predicted molar refractivity (Wildman–Crippen MR) is 133 cm³/mol. The van der Waals surface area contributed by atoms with Crippen molar-refractivity contribution in [3.63, 3.8) is 0 Å². The Morgan fingerprint density at radius 3 is 2.03 bits per heavy atom. The Morgan fingerprint density at radius 2 is 1.54 bits per heavy atom. The number of rotatable bonds is 7. The van der Waals surface area contributed by atoms with Crippen LogP contribution in [0, 0.1) is 0 Å². The number of anilines is 1. The molecule has 2 aromatic rings. The first-order valence-electron chi connectivity index (χ1n) is 12.0. The summed E-state index contributed by atoms with van der Waals surface area (Å²) >= 11 is 0. The molecule has 1 heterocycles. The fourth-order valence-corrected chi connectivity index (χ4v) is 4.73. The first kappa shape index (κ1) is 30.0. The van der Waals surface area contributed by atoms with Gasteiger partial charge in [-0.1, -0.05) is 12.2 Å². The van der Waals surface area contributed by atoms with Gasteiger partial charge < -0.3 is 19.1 Å². The van der Waals surface area contributed by atoms with Gasteiger partial charge in [0.25, 0.3) is 0 Å². The van der Waals surface area contributed by atoms with E-state index in [9.17, 15) is 31.1 Å². The predicted octanol–water partition coefficient (Wildman–Crippen LogP) is 7.23. The second-order valence-corrected chi connectivity index (χ2v) is 9.10. The molecule has 2 aromatic carbocycles. The summed E-state index contributed by atoms with van der Waals surface area (Å²) in [5.74, 6) is 0.775. The number of halogens is 6. The number of alkyl halides is 6. The van der Waals surface area contributed by atoms with Crippen LogP contribution in [0.25, 0.3) is 0 Å². The van der Waals surface area contributed by atoms with Crippen molar-refractivity contribution in [3.8, 4) is 11.5 Å². The zero-order valence-electron chi connectivity index (χ0n) is 22.1. The van der Waals surface area contributed by atoms with Crippen LogP contribution in [0.15, 0.2) is 42.5 Å². The Hall–Kier alpha value is -3.57. The monoisotopic (exact) mass is 560 g/mol. The molecule has 0 spiro atoms. The van der Waals surface area contributed by atoms with Crippen molar-refractivity contribution in [3.05, 3.63) is 64.7 Å². The lowest BCUT2D eigenvalue weighted by molar-refractivity contribution is -0.143. The van der Waals surface area contributed by atoms with Crippen LogP contribution in [0.5, 0.6) is 11.5 Å². The molecule has 39 heavy (non-hydrogen) atoms. The fourth-order valence-electron chi connectivity index (χ4n) is 4.73. The Kier molecular flexibility index (Phi) is 8.97. The molecule has 3 rings (SSSR count). The van der Waals surface area contributed by atoms with Gasteiger partial charge in [0.1, 0.15) is 0 Å². The summed E-state index contributed by atoms with van der Waals surface area (Å²) in [4.78, 5) is 16.2. The summed E-state index contributed by atoms with van der Waals surface area (Å²) in [6, 6.07) is 3.76. The van der Waals surface area contributed by atoms with E-state index in [0.29, 0.717) is 47.8 Å². The molecule has 0 N–H and O–H groups in total. The van der Waals surface area contributed by atoms with Crippen LogP contribution in [0.1, 0.15) is 48.6 Å². The van der Waals surface area contributed by atoms with Crippen LogP contribution in [0.3, 0.4) is 0 Å². The third kappa shape index (κ3) is 6.54. The summed E-state index contributed by atoms with van der Waals surface area (Å²) in [7, 11) is 4.00. The van der Waals surface area contributed by atoms with Gasteiger partial charge in [0.05, 0.1) is 38.5 Å². The highest BCUT2D eigenvalue weighted by Gasteiger charge is 2.40. The Morgan fingerprint density at radius 1 is 0.974 bits per heavy atom. The zero-order chi connectivity index (χ0) is 29.1. The molecule has 0 aliphatic carbocycles. The molecule has 2 atom stereocenters. The van der Waals surface area contributed by atoms with Crippen molar-refractivity contribution in [2.45, 2.75) is 51.2 Å². The van der Waals surface area contributed by atoms with Crippen LogP contribution in [-0.4, -0.2) is 44.9 Å². The molecule has 0 unspecified atom stereocenters. The van der Waals surface area contributed by atoms with Gasteiger partial charge in [-0.05, 0) is 50.1 Å². The van der Waals surface area contributed by atoms with Crippen LogP contribution in [-0.2, 0) is 23.6 Å². The quantitative estimate of drug-likeness (QED) is 0.264. The van der Waals surface area contributed by atoms with Gasteiger partial charge >= 0.3 is 18.4 Å². The third-order valence-corrected chi connectivity index (χ3v) is 6.62. The van der Waals surface area contributed by atoms with E-state index in [-0.39, 0.29) is 17.7 Å². The molecule has 0 saturated heterocycles. The van der Waals surface area contributed by atoms with Crippen LogP contribution in [0.4, 0.5) is 36.8 Å². The minimum atomic E-state index is -5.02. The van der Waals surface area contributed by atoms with E-state index in [1.54, 1.807) is 12.1 Å². The molecule has 0 radical (unpaired) electrons. The van der Waals surface area contributed by atoms with Gasteiger partial charge in [0, 0.05) is 36.4 Å². The van der Waals surface area contributed by atoms with Gasteiger partial charge in [-0.15, -0.1) is 0 Å². The Balaban J connectivity index is 2.18. The number of methoxy groups -OCH3 is 3. The molecule has 0 bridgehead atoms. The largest absolute Gasteiger partial charge is 0.493 e. The maximum Gasteiger partial charge on any atom is 0.416 e. The van der Waals surface area contributed by atoms with Crippen molar-refractivity contribution in [2.75, 3.05) is 32.8 Å². The summed E-state index contributed by atoms with van der Waals surface area (Å²) in [6.45, 7) is 3.75. The number of fused-ring (bicyclic) bond motifs is 1. The van der Waals surface area contributed by atoms with E-state index >= 15 is 0 Å². The molecule has 0 fully saturated rings. The molecule has 1 aliphatic heterocycles. The maximum atomic E-state index is 13.5. The number of allylic oxidation sites excluding steroid dienone is 1. The maximum absolute atomic E-state index is 13.5. The van der Waals surface area contributed by atoms with Crippen LogP contribution >= 0.6 is 0 Å². The highest BCUT2D eigenvalue weighted by Crippen LogP contribution is 2.46. The molecule has 1 amide bonds. The lowest BCUT2D eigenvalue weighted by Crippen LogP contribution is -2.45. The molecule has 12 heteroatoms. The number of amides is 1. The van der Waals surface area contributed by atoms with Gasteiger partial charge in [0.2, 0.25) is 0 Å². The minimum Gasteiger partial charge on any atom is -0.493 e. The standard InChI is InChI=1S/C27H30F6N2O4/c1-6-7-8-34-16(2)9-21(20-13-23(37-3)24(38-4)14-22(20)34)35(25(36)39-5)15-17-10-18(26(28,29)30)12-19(11-17)27(31,32)33/h6-7,10-14,16,21H,8-9,15H2,1-5H3/t16-,21+/m1/s1. The fraction of sp³-hybridized carbons (Fsp3) is 0.444. The Labute approximate surface area is 222 Å². The smallest absolute Gasteiger partial charge is 0.416 e. The van der Waals surface area contributed by atoms with E-state index in [2.05, 4.69) is 4.90 Å². The number of benzene rings is 2. The summed E-state index contributed by atoms with van der Waals surface area (Å²) < 4.78 is 96.8. The number of nitrogens with zero attached hydrogens (tertiary/aromatic N) is 2. The van der Waals surface area contributed by atoms with E-state index in [0.717, 1.165) is 12.0 Å². The highest BCUT2D eigenvalue weighted by atomic mass is 19.4. The number of carbonyl (C=O) groups excluding carboxylic acids is 1. The van der Waals surface area contributed by atoms with Crippen molar-refractivity contribution < 1.29 is 45.3 Å². The number of carbonyl (C=O) groups is 1. The van der Waals surface area contributed by atoms with Crippen molar-refractivity contribution >= 4 is 11.8 Å². The molecular weight excluding hydrogens is 530 g/mol. The molecule has 0 aromatic heterocycles. The second-order valence-electron chi connectivity index (χ2n) is 9.10. The zero-order valence-corrected chi connectivity index (χ0v) is 22.1. The molecule has 1 aliphatic rings. The average Bonchev–Trinajstić information content (AvgIpc) is 2.88. The van der Waals surface area contributed by atoms with Gasteiger partial charge in [-0.25, -0.2) is 4.79 Å². The third-order valence-electron chi connectivity index (χ3n) is 6.62. The molecule has 214 valence electrons. The molecule has 6 nitrogen and oxygen atoms in total. The topological polar surface area (TPSA) is 51.2 Å².